The fourth-order valence-corrected chi connectivity index (χ4v) is 2.04. The number of aromatic nitrogens is 1. The van der Waals surface area contributed by atoms with Crippen LogP contribution in [0.5, 0.6) is 0 Å². The number of carbonyl (C=O) groups excluding carboxylic acids is 1. The molecule has 0 atom stereocenters. The lowest BCUT2D eigenvalue weighted by Gasteiger charge is -2.20. The minimum atomic E-state index is -0.0749. The lowest BCUT2D eigenvalue weighted by molar-refractivity contribution is 0.0760. The first-order chi connectivity index (χ1) is 7.47. The van der Waals surface area contributed by atoms with Crippen molar-refractivity contribution in [3.8, 4) is 0 Å². The highest BCUT2D eigenvalue weighted by Crippen LogP contribution is 2.26. The normalized spacial score (nSPS) is 10.6. The second-order valence-electron chi connectivity index (χ2n) is 3.77. The molecule has 1 amide bonds. The van der Waals surface area contributed by atoms with Crippen molar-refractivity contribution in [3.05, 3.63) is 4.88 Å². The van der Waals surface area contributed by atoms with Crippen molar-refractivity contribution in [2.75, 3.05) is 24.6 Å². The quantitative estimate of drug-likeness (QED) is 0.842. The van der Waals surface area contributed by atoms with Crippen molar-refractivity contribution >= 4 is 28.2 Å². The molecule has 3 N–H and O–H groups in total. The maximum atomic E-state index is 12.0. The number of hydrogen-bond donors (Lipinski definition) is 2. The van der Waals surface area contributed by atoms with E-state index in [0.29, 0.717) is 15.8 Å². The molecule has 0 spiro atoms. The van der Waals surface area contributed by atoms with Crippen molar-refractivity contribution in [2.24, 2.45) is 0 Å². The van der Waals surface area contributed by atoms with Crippen LogP contribution in [0.3, 0.4) is 0 Å². The highest BCUT2D eigenvalue weighted by molar-refractivity contribution is 7.18. The second-order valence-corrected chi connectivity index (χ2v) is 4.77. The molecule has 1 rings (SSSR count). The molecular weight excluding hydrogens is 224 g/mol. The molecule has 0 fully saturated rings. The lowest BCUT2D eigenvalue weighted by Crippen LogP contribution is -2.32. The summed E-state index contributed by atoms with van der Waals surface area (Å²) in [5.74, 6) is 0.229. The van der Waals surface area contributed by atoms with E-state index in [1.807, 2.05) is 20.8 Å². The van der Waals surface area contributed by atoms with Crippen LogP contribution < -0.4 is 11.1 Å². The Morgan fingerprint density at radius 1 is 1.62 bits per heavy atom. The maximum Gasteiger partial charge on any atom is 0.267 e. The number of nitrogens with zero attached hydrogens (tertiary/aromatic N) is 2. The molecule has 16 heavy (non-hydrogen) atoms. The Morgan fingerprint density at radius 2 is 2.25 bits per heavy atom. The first-order valence-corrected chi connectivity index (χ1v) is 6.06. The van der Waals surface area contributed by atoms with Gasteiger partial charge in [0, 0.05) is 19.6 Å². The van der Waals surface area contributed by atoms with Crippen molar-refractivity contribution in [1.82, 2.24) is 9.88 Å². The Hall–Kier alpha value is -1.30. The van der Waals surface area contributed by atoms with Crippen molar-refractivity contribution in [3.63, 3.8) is 0 Å². The van der Waals surface area contributed by atoms with Crippen LogP contribution in [0.15, 0.2) is 0 Å². The summed E-state index contributed by atoms with van der Waals surface area (Å²) in [5, 5.41) is 3.74. The molecule has 90 valence electrons. The van der Waals surface area contributed by atoms with Gasteiger partial charge in [-0.05, 0) is 20.8 Å². The van der Waals surface area contributed by atoms with Gasteiger partial charge in [0.1, 0.15) is 10.7 Å². The van der Waals surface area contributed by atoms with Crippen LogP contribution in [0.25, 0.3) is 0 Å². The van der Waals surface area contributed by atoms with E-state index in [-0.39, 0.29) is 11.9 Å². The monoisotopic (exact) mass is 242 g/mol. The molecule has 0 saturated heterocycles. The van der Waals surface area contributed by atoms with Gasteiger partial charge in [0.05, 0.1) is 0 Å². The zero-order chi connectivity index (χ0) is 12.3. The minimum absolute atomic E-state index is 0.0749. The van der Waals surface area contributed by atoms with Crippen molar-refractivity contribution in [1.29, 1.82) is 0 Å². The molecule has 0 radical (unpaired) electrons. The Kier molecular flexibility index (Phi) is 4.12. The van der Waals surface area contributed by atoms with E-state index >= 15 is 0 Å². The van der Waals surface area contributed by atoms with E-state index in [4.69, 9.17) is 5.73 Å². The molecule has 0 aromatic carbocycles. The highest BCUT2D eigenvalue weighted by atomic mass is 32.1. The molecule has 0 bridgehead atoms. The first kappa shape index (κ1) is 12.8. The number of anilines is 2. The van der Waals surface area contributed by atoms with Gasteiger partial charge in [-0.1, -0.05) is 11.3 Å². The van der Waals surface area contributed by atoms with E-state index in [2.05, 4.69) is 10.3 Å². The summed E-state index contributed by atoms with van der Waals surface area (Å²) in [7, 11) is 1.76. The van der Waals surface area contributed by atoms with Crippen LogP contribution in [0.4, 0.5) is 10.9 Å². The van der Waals surface area contributed by atoms with E-state index in [9.17, 15) is 4.79 Å². The summed E-state index contributed by atoms with van der Waals surface area (Å²) in [6, 6.07) is 0.150. The molecule has 0 aliphatic carbocycles. The van der Waals surface area contributed by atoms with E-state index < -0.39 is 0 Å². The predicted molar refractivity (Wildman–Crippen MR) is 67.9 cm³/mol. The maximum absolute atomic E-state index is 12.0. The van der Waals surface area contributed by atoms with Gasteiger partial charge in [-0.2, -0.15) is 0 Å². The molecule has 0 unspecified atom stereocenters. The van der Waals surface area contributed by atoms with Gasteiger partial charge in [-0.3, -0.25) is 4.79 Å². The number of amides is 1. The molecule has 1 aromatic rings. The third-order valence-electron chi connectivity index (χ3n) is 2.27. The highest BCUT2D eigenvalue weighted by Gasteiger charge is 2.20. The number of carbonyl (C=O) groups is 1. The summed E-state index contributed by atoms with van der Waals surface area (Å²) in [6.07, 6.45) is 0. The fourth-order valence-electron chi connectivity index (χ4n) is 1.11. The molecular formula is C10H18N4OS. The lowest BCUT2D eigenvalue weighted by atomic mass is 10.3. The number of hydrogen-bond acceptors (Lipinski definition) is 5. The van der Waals surface area contributed by atoms with E-state index in [1.54, 1.807) is 11.9 Å². The van der Waals surface area contributed by atoms with Gasteiger partial charge in [0.25, 0.3) is 5.91 Å². The molecule has 0 aliphatic rings. The van der Waals surface area contributed by atoms with Gasteiger partial charge < -0.3 is 16.0 Å². The largest absolute Gasteiger partial charge is 0.382 e. The number of nitrogens with two attached hydrogens (primary N) is 1. The third kappa shape index (κ3) is 2.63. The summed E-state index contributed by atoms with van der Waals surface area (Å²) in [4.78, 5) is 18.3. The van der Waals surface area contributed by atoms with E-state index in [0.717, 1.165) is 6.54 Å². The summed E-state index contributed by atoms with van der Waals surface area (Å²) in [6.45, 7) is 6.65. The summed E-state index contributed by atoms with van der Waals surface area (Å²) in [5.41, 5.74) is 5.72. The second kappa shape index (κ2) is 5.16. The Labute approximate surface area is 99.7 Å². The molecule has 6 heteroatoms. The van der Waals surface area contributed by atoms with Gasteiger partial charge in [0.15, 0.2) is 5.13 Å². The standard InChI is InChI=1S/C10H18N4OS/c1-5-12-10-13-8(11)7(16-10)9(15)14(4)6(2)3/h6H,5,11H2,1-4H3,(H,12,13). The average molecular weight is 242 g/mol. The molecule has 0 saturated carbocycles. The number of thiazole rings is 1. The van der Waals surface area contributed by atoms with Gasteiger partial charge in [-0.25, -0.2) is 4.98 Å². The Bertz CT molecular complexity index is 375. The summed E-state index contributed by atoms with van der Waals surface area (Å²) < 4.78 is 0. The zero-order valence-corrected chi connectivity index (χ0v) is 10.9. The first-order valence-electron chi connectivity index (χ1n) is 5.24. The molecule has 1 aromatic heterocycles. The van der Waals surface area contributed by atoms with Crippen LogP contribution in [0.1, 0.15) is 30.4 Å². The fraction of sp³-hybridized carbons (Fsp3) is 0.600. The number of nitrogen functional groups attached to an aromatic ring is 1. The third-order valence-corrected chi connectivity index (χ3v) is 3.29. The Balaban J connectivity index is 2.91. The average Bonchev–Trinajstić information content (AvgIpc) is 2.58. The van der Waals surface area contributed by atoms with Crippen LogP contribution in [-0.4, -0.2) is 35.4 Å². The number of nitrogens with one attached hydrogen (secondary N) is 1. The van der Waals surface area contributed by atoms with Crippen LogP contribution in [0.2, 0.25) is 0 Å². The van der Waals surface area contributed by atoms with E-state index in [1.165, 1.54) is 11.3 Å². The molecule has 0 aliphatic heterocycles. The number of rotatable bonds is 4. The predicted octanol–water partition coefficient (Wildman–Crippen LogP) is 1.64. The van der Waals surface area contributed by atoms with Gasteiger partial charge >= 0.3 is 0 Å². The van der Waals surface area contributed by atoms with Gasteiger partial charge in [-0.15, -0.1) is 0 Å². The SMILES string of the molecule is CCNc1nc(N)c(C(=O)N(C)C(C)C)s1. The van der Waals surface area contributed by atoms with Crippen LogP contribution in [0, 0.1) is 0 Å². The van der Waals surface area contributed by atoms with Crippen LogP contribution >= 0.6 is 11.3 Å². The molecule has 1 heterocycles. The van der Waals surface area contributed by atoms with Crippen molar-refractivity contribution in [2.45, 2.75) is 26.8 Å². The smallest absolute Gasteiger partial charge is 0.267 e. The molecule has 5 nitrogen and oxygen atoms in total. The topological polar surface area (TPSA) is 71.2 Å². The summed E-state index contributed by atoms with van der Waals surface area (Å²) >= 11 is 1.30. The van der Waals surface area contributed by atoms with Crippen molar-refractivity contribution < 1.29 is 4.79 Å². The van der Waals surface area contributed by atoms with Gasteiger partial charge in [0.2, 0.25) is 0 Å². The Morgan fingerprint density at radius 3 is 2.75 bits per heavy atom. The zero-order valence-electron chi connectivity index (χ0n) is 10.1. The van der Waals surface area contributed by atoms with Crippen LogP contribution in [-0.2, 0) is 0 Å². The minimum Gasteiger partial charge on any atom is -0.382 e.